The molecule has 3 aromatic rings. The molecule has 3 heterocycles. The largest absolute Gasteiger partial charge is 0.355 e. The maximum atomic E-state index is 11.5. The first-order valence-corrected chi connectivity index (χ1v) is 7.91. The van der Waals surface area contributed by atoms with Crippen molar-refractivity contribution in [3.63, 3.8) is 0 Å². The van der Waals surface area contributed by atoms with Crippen molar-refractivity contribution in [2.75, 3.05) is 6.54 Å². The molecule has 0 aliphatic carbocycles. The van der Waals surface area contributed by atoms with Crippen LogP contribution in [0.15, 0.2) is 25.9 Å². The molecule has 0 radical (unpaired) electrons. The van der Waals surface area contributed by atoms with E-state index in [1.54, 1.807) is 6.07 Å². The van der Waals surface area contributed by atoms with E-state index in [1.165, 1.54) is 0 Å². The second-order valence-electron chi connectivity index (χ2n) is 5.45. The van der Waals surface area contributed by atoms with Crippen LogP contribution in [-0.4, -0.2) is 32.6 Å². The number of nitrogens with one attached hydrogen (secondary N) is 3. The van der Waals surface area contributed by atoms with Gasteiger partial charge in [-0.1, -0.05) is 21.1 Å². The van der Waals surface area contributed by atoms with Crippen LogP contribution in [0.2, 0.25) is 0 Å². The number of piperidine rings is 1. The number of rotatable bonds is 2. The summed E-state index contributed by atoms with van der Waals surface area (Å²) in [5.41, 5.74) is 1.62. The Kier molecular flexibility index (Phi) is 3.29. The number of fused-ring (bicyclic) bond motifs is 1. The standard InChI is InChI=1S/C14H12BrN5O3/c15-7-3-8(11-9(4-7)17-14(22)18-11)13-19-12(20-23-13)6-1-2-10(21)16-5-6/h3-4,6H,1-2,5H2,(H,16,21)(H2,17,18,22). The number of hydrogen-bond acceptors (Lipinski definition) is 5. The summed E-state index contributed by atoms with van der Waals surface area (Å²) in [5.74, 6) is 0.978. The number of halogens is 1. The molecule has 0 spiro atoms. The highest BCUT2D eigenvalue weighted by Crippen LogP contribution is 2.30. The number of carbonyl (C=O) groups excluding carboxylic acids is 1. The summed E-state index contributed by atoms with van der Waals surface area (Å²) in [6.07, 6.45) is 1.15. The molecule has 0 saturated carbocycles. The predicted octanol–water partition coefficient (Wildman–Crippen LogP) is 1.66. The Morgan fingerprint density at radius 3 is 2.91 bits per heavy atom. The Hall–Kier alpha value is -2.42. The lowest BCUT2D eigenvalue weighted by atomic mass is 9.99. The number of hydrogen-bond donors (Lipinski definition) is 3. The molecule has 8 nitrogen and oxygen atoms in total. The first-order chi connectivity index (χ1) is 11.1. The molecule has 9 heteroatoms. The minimum absolute atomic E-state index is 0.0399. The Bertz CT molecular complexity index is 947. The van der Waals surface area contributed by atoms with Gasteiger partial charge < -0.3 is 19.8 Å². The van der Waals surface area contributed by atoms with Crippen LogP contribution >= 0.6 is 15.9 Å². The fraction of sp³-hybridized carbons (Fsp3) is 0.286. The number of nitrogens with zero attached hydrogens (tertiary/aromatic N) is 2. The molecule has 1 fully saturated rings. The molecular weight excluding hydrogens is 366 g/mol. The highest BCUT2D eigenvalue weighted by Gasteiger charge is 2.25. The van der Waals surface area contributed by atoms with E-state index < -0.39 is 0 Å². The van der Waals surface area contributed by atoms with E-state index in [1.807, 2.05) is 6.07 Å². The first-order valence-electron chi connectivity index (χ1n) is 7.12. The van der Waals surface area contributed by atoms with Crippen LogP contribution in [0.25, 0.3) is 22.5 Å². The zero-order chi connectivity index (χ0) is 16.0. The van der Waals surface area contributed by atoms with Gasteiger partial charge >= 0.3 is 5.69 Å². The highest BCUT2D eigenvalue weighted by atomic mass is 79.9. The van der Waals surface area contributed by atoms with E-state index >= 15 is 0 Å². The molecule has 1 saturated heterocycles. The number of imidazole rings is 1. The average Bonchev–Trinajstić information content (AvgIpc) is 3.13. The fourth-order valence-electron chi connectivity index (χ4n) is 2.74. The molecule has 3 N–H and O–H groups in total. The number of amides is 1. The van der Waals surface area contributed by atoms with Gasteiger partial charge in [0.25, 0.3) is 5.89 Å². The number of H-pyrrole nitrogens is 2. The summed E-state index contributed by atoms with van der Waals surface area (Å²) < 4.78 is 6.16. The maximum Gasteiger partial charge on any atom is 0.323 e. The monoisotopic (exact) mass is 377 g/mol. The fourth-order valence-corrected chi connectivity index (χ4v) is 3.20. The number of aromatic amines is 2. The van der Waals surface area contributed by atoms with Crippen LogP contribution in [0, 0.1) is 0 Å². The summed E-state index contributed by atoms with van der Waals surface area (Å²) in [6.45, 7) is 0.507. The van der Waals surface area contributed by atoms with Crippen LogP contribution in [0.3, 0.4) is 0 Å². The van der Waals surface area contributed by atoms with E-state index in [2.05, 4.69) is 41.4 Å². The molecule has 1 aliphatic heterocycles. The minimum atomic E-state index is -0.297. The van der Waals surface area contributed by atoms with E-state index in [9.17, 15) is 9.59 Å². The molecule has 0 bridgehead atoms. The van der Waals surface area contributed by atoms with E-state index in [4.69, 9.17) is 4.52 Å². The predicted molar refractivity (Wildman–Crippen MR) is 84.9 cm³/mol. The third-order valence-corrected chi connectivity index (χ3v) is 4.35. The van der Waals surface area contributed by atoms with Crippen molar-refractivity contribution < 1.29 is 9.32 Å². The Morgan fingerprint density at radius 2 is 2.13 bits per heavy atom. The molecule has 1 amide bonds. The summed E-state index contributed by atoms with van der Waals surface area (Å²) in [5, 5.41) is 6.83. The summed E-state index contributed by atoms with van der Waals surface area (Å²) in [4.78, 5) is 32.6. The molecule has 118 valence electrons. The molecule has 1 atom stereocenters. The van der Waals surface area contributed by atoms with E-state index in [0.717, 1.165) is 4.47 Å². The third kappa shape index (κ3) is 2.56. The van der Waals surface area contributed by atoms with Crippen molar-refractivity contribution in [2.45, 2.75) is 18.8 Å². The van der Waals surface area contributed by atoms with Crippen LogP contribution in [0.5, 0.6) is 0 Å². The number of carbonyl (C=O) groups is 1. The summed E-state index contributed by atoms with van der Waals surface area (Å²) >= 11 is 3.41. The quantitative estimate of drug-likeness (QED) is 0.627. The zero-order valence-electron chi connectivity index (χ0n) is 11.9. The van der Waals surface area contributed by atoms with Gasteiger partial charge in [0, 0.05) is 23.4 Å². The van der Waals surface area contributed by atoms with Gasteiger partial charge in [0.05, 0.1) is 16.6 Å². The molecule has 4 rings (SSSR count). The lowest BCUT2D eigenvalue weighted by Crippen LogP contribution is -2.34. The van der Waals surface area contributed by atoms with E-state index in [0.29, 0.717) is 47.7 Å². The van der Waals surface area contributed by atoms with Crippen molar-refractivity contribution in [1.82, 2.24) is 25.4 Å². The summed E-state index contributed by atoms with van der Waals surface area (Å²) in [7, 11) is 0. The second kappa shape index (κ2) is 5.34. The second-order valence-corrected chi connectivity index (χ2v) is 6.37. The third-order valence-electron chi connectivity index (χ3n) is 3.89. The molecule has 1 aliphatic rings. The smallest absolute Gasteiger partial charge is 0.323 e. The lowest BCUT2D eigenvalue weighted by molar-refractivity contribution is -0.122. The maximum absolute atomic E-state index is 11.5. The number of aromatic nitrogens is 4. The SMILES string of the molecule is O=C1CCC(c2noc(-c3cc(Br)cc4[nH]c(=O)[nH]c34)n2)CN1. The van der Waals surface area contributed by atoms with Gasteiger partial charge in [-0.3, -0.25) is 4.79 Å². The Morgan fingerprint density at radius 1 is 1.26 bits per heavy atom. The van der Waals surface area contributed by atoms with Gasteiger partial charge in [0.15, 0.2) is 5.82 Å². The average molecular weight is 378 g/mol. The van der Waals surface area contributed by atoms with Gasteiger partial charge in [0.2, 0.25) is 5.91 Å². The van der Waals surface area contributed by atoms with Gasteiger partial charge in [-0.05, 0) is 18.6 Å². The molecule has 2 aromatic heterocycles. The van der Waals surface area contributed by atoms with Crippen LogP contribution in [0.4, 0.5) is 0 Å². The first kappa shape index (κ1) is 14.2. The molecule has 23 heavy (non-hydrogen) atoms. The van der Waals surface area contributed by atoms with Crippen LogP contribution in [0.1, 0.15) is 24.6 Å². The van der Waals surface area contributed by atoms with Gasteiger partial charge in [0.1, 0.15) is 0 Å². The van der Waals surface area contributed by atoms with E-state index in [-0.39, 0.29) is 17.5 Å². The number of benzene rings is 1. The topological polar surface area (TPSA) is 117 Å². The highest BCUT2D eigenvalue weighted by molar-refractivity contribution is 9.10. The van der Waals surface area contributed by atoms with Gasteiger partial charge in [-0.2, -0.15) is 4.98 Å². The zero-order valence-corrected chi connectivity index (χ0v) is 13.4. The van der Waals surface area contributed by atoms with Crippen molar-refractivity contribution in [3.05, 3.63) is 32.9 Å². The van der Waals surface area contributed by atoms with Gasteiger partial charge in [-0.15, -0.1) is 0 Å². The van der Waals surface area contributed by atoms with Crippen LogP contribution in [-0.2, 0) is 4.79 Å². The molecular formula is C14H12BrN5O3. The van der Waals surface area contributed by atoms with Gasteiger partial charge in [-0.25, -0.2) is 4.79 Å². The minimum Gasteiger partial charge on any atom is -0.355 e. The van der Waals surface area contributed by atoms with Crippen molar-refractivity contribution in [3.8, 4) is 11.5 Å². The normalized spacial score (nSPS) is 18.3. The van der Waals surface area contributed by atoms with Crippen molar-refractivity contribution in [2.24, 2.45) is 0 Å². The van der Waals surface area contributed by atoms with Crippen LogP contribution < -0.4 is 11.0 Å². The Balaban J connectivity index is 1.74. The molecule has 1 aromatic carbocycles. The lowest BCUT2D eigenvalue weighted by Gasteiger charge is -2.18. The Labute approximate surface area is 137 Å². The van der Waals surface area contributed by atoms with Crippen molar-refractivity contribution in [1.29, 1.82) is 0 Å². The van der Waals surface area contributed by atoms with Crippen molar-refractivity contribution >= 4 is 32.9 Å². The molecule has 1 unspecified atom stereocenters. The summed E-state index contributed by atoms with van der Waals surface area (Å²) in [6, 6.07) is 3.61.